The predicted octanol–water partition coefficient (Wildman–Crippen LogP) is 3.38. The Bertz CT molecular complexity index is 656. The average molecular weight is 261 g/mol. The third kappa shape index (κ3) is 1.84. The fourth-order valence-corrected chi connectivity index (χ4v) is 2.79. The second-order valence-electron chi connectivity index (χ2n) is 4.46. The van der Waals surface area contributed by atoms with Crippen LogP contribution < -0.4 is 4.74 Å². The van der Waals surface area contributed by atoms with E-state index in [9.17, 15) is 0 Å². The summed E-state index contributed by atoms with van der Waals surface area (Å²) in [6.07, 6.45) is 7.66. The molecule has 0 fully saturated rings. The van der Waals surface area contributed by atoms with Crippen molar-refractivity contribution in [2.45, 2.75) is 25.3 Å². The lowest BCUT2D eigenvalue weighted by atomic mass is 10.0. The third-order valence-corrected chi connectivity index (χ3v) is 3.65. The fraction of sp³-hybridized carbons (Fsp3) is 0.385. The van der Waals surface area contributed by atoms with Crippen LogP contribution in [0.4, 0.5) is 0 Å². The Labute approximate surface area is 110 Å². The highest BCUT2D eigenvalue weighted by atomic mass is 32.1. The van der Waals surface area contributed by atoms with Crippen molar-refractivity contribution in [3.8, 4) is 5.88 Å². The van der Waals surface area contributed by atoms with E-state index in [0.717, 1.165) is 35.2 Å². The molecular formula is C13H15N3OS. The maximum atomic E-state index is 5.42. The van der Waals surface area contributed by atoms with Crippen LogP contribution in [0, 0.1) is 4.77 Å². The Kier molecular flexibility index (Phi) is 2.91. The van der Waals surface area contributed by atoms with E-state index in [1.807, 2.05) is 12.1 Å². The quantitative estimate of drug-likeness (QED) is 0.665. The highest BCUT2D eigenvalue weighted by Crippen LogP contribution is 2.28. The van der Waals surface area contributed by atoms with E-state index in [-0.39, 0.29) is 0 Å². The van der Waals surface area contributed by atoms with Crippen LogP contribution >= 0.6 is 12.2 Å². The van der Waals surface area contributed by atoms with Crippen LogP contribution in [-0.4, -0.2) is 21.6 Å². The Balaban J connectivity index is 2.17. The summed E-state index contributed by atoms with van der Waals surface area (Å²) in [5, 5.41) is 0. The molecule has 1 aliphatic carbocycles. The average Bonchev–Trinajstić information content (AvgIpc) is 2.74. The Morgan fingerprint density at radius 2 is 2.33 bits per heavy atom. The summed E-state index contributed by atoms with van der Waals surface area (Å²) in [5.74, 6) is 0.622. The van der Waals surface area contributed by atoms with E-state index in [1.165, 1.54) is 0 Å². The lowest BCUT2D eigenvalue weighted by molar-refractivity contribution is 0.397. The molecule has 0 aliphatic heterocycles. The van der Waals surface area contributed by atoms with Crippen LogP contribution in [0.2, 0.25) is 0 Å². The van der Waals surface area contributed by atoms with Crippen molar-refractivity contribution in [2.75, 3.05) is 7.11 Å². The minimum absolute atomic E-state index is 0.399. The van der Waals surface area contributed by atoms with Crippen molar-refractivity contribution in [2.24, 2.45) is 0 Å². The van der Waals surface area contributed by atoms with Gasteiger partial charge in [-0.15, -0.1) is 0 Å². The number of nitrogens with one attached hydrogen (secondary N) is 1. The van der Waals surface area contributed by atoms with Crippen molar-refractivity contribution < 1.29 is 4.74 Å². The maximum absolute atomic E-state index is 5.42. The van der Waals surface area contributed by atoms with E-state index in [2.05, 4.69) is 26.7 Å². The van der Waals surface area contributed by atoms with Gasteiger partial charge in [-0.25, -0.2) is 0 Å². The van der Waals surface area contributed by atoms with Crippen LogP contribution in [-0.2, 0) is 0 Å². The van der Waals surface area contributed by atoms with E-state index in [4.69, 9.17) is 17.0 Å². The summed E-state index contributed by atoms with van der Waals surface area (Å²) in [6.45, 7) is 0. The van der Waals surface area contributed by atoms with Gasteiger partial charge in [0.25, 0.3) is 0 Å². The van der Waals surface area contributed by atoms with E-state index < -0.39 is 0 Å². The number of imidazole rings is 1. The molecule has 1 atom stereocenters. The highest BCUT2D eigenvalue weighted by molar-refractivity contribution is 7.71. The molecule has 0 amide bonds. The number of hydrogen-bond acceptors (Lipinski definition) is 3. The Morgan fingerprint density at radius 1 is 1.44 bits per heavy atom. The first-order valence-electron chi connectivity index (χ1n) is 6.10. The maximum Gasteiger partial charge on any atom is 0.215 e. The van der Waals surface area contributed by atoms with Gasteiger partial charge in [0.1, 0.15) is 0 Å². The molecule has 1 unspecified atom stereocenters. The molecule has 2 aromatic heterocycles. The lowest BCUT2D eigenvalue weighted by Crippen LogP contribution is -2.11. The third-order valence-electron chi connectivity index (χ3n) is 3.35. The summed E-state index contributed by atoms with van der Waals surface area (Å²) in [4.78, 5) is 7.72. The van der Waals surface area contributed by atoms with Crippen LogP contribution in [0.15, 0.2) is 24.3 Å². The molecule has 3 rings (SSSR count). The number of hydrogen-bond donors (Lipinski definition) is 1. The normalized spacial score (nSPS) is 19.3. The minimum atomic E-state index is 0.399. The summed E-state index contributed by atoms with van der Waals surface area (Å²) in [5.41, 5.74) is 1.86. The zero-order chi connectivity index (χ0) is 12.5. The molecule has 0 saturated carbocycles. The number of fused-ring (bicyclic) bond motifs is 1. The van der Waals surface area contributed by atoms with Crippen LogP contribution in [0.1, 0.15) is 25.3 Å². The smallest absolute Gasteiger partial charge is 0.215 e. The molecule has 5 heteroatoms. The standard InChI is InChI=1S/C13H15N3OS/c1-17-11-8-7-10-12(15-11)16(13(18)14-10)9-5-3-2-4-6-9/h2-3,7-9H,4-6H2,1H3,(H,14,18). The number of nitrogens with zero attached hydrogens (tertiary/aromatic N) is 2. The number of aromatic nitrogens is 3. The molecule has 4 nitrogen and oxygen atoms in total. The topological polar surface area (TPSA) is 42.8 Å². The SMILES string of the molecule is COc1ccc2[nH]c(=S)n(C3CC=CCC3)c2n1. The van der Waals surface area contributed by atoms with Crippen molar-refractivity contribution in [3.63, 3.8) is 0 Å². The molecule has 0 radical (unpaired) electrons. The number of aromatic amines is 1. The highest BCUT2D eigenvalue weighted by Gasteiger charge is 2.17. The first-order valence-corrected chi connectivity index (χ1v) is 6.50. The number of pyridine rings is 1. The van der Waals surface area contributed by atoms with Gasteiger partial charge < -0.3 is 9.72 Å². The number of methoxy groups -OCH3 is 1. The molecule has 1 aliphatic rings. The number of H-pyrrole nitrogens is 1. The number of allylic oxidation sites excluding steroid dienone is 2. The predicted molar refractivity (Wildman–Crippen MR) is 73.5 cm³/mol. The molecule has 94 valence electrons. The first kappa shape index (κ1) is 11.5. The minimum Gasteiger partial charge on any atom is -0.481 e. The molecule has 2 heterocycles. The Morgan fingerprint density at radius 3 is 3.06 bits per heavy atom. The largest absolute Gasteiger partial charge is 0.481 e. The Hall–Kier alpha value is -1.62. The number of rotatable bonds is 2. The molecule has 0 aromatic carbocycles. The van der Waals surface area contributed by atoms with E-state index in [1.54, 1.807) is 7.11 Å². The molecule has 0 spiro atoms. The van der Waals surface area contributed by atoms with Crippen molar-refractivity contribution >= 4 is 23.4 Å². The second-order valence-corrected chi connectivity index (χ2v) is 4.85. The molecule has 1 N–H and O–H groups in total. The van der Waals surface area contributed by atoms with Crippen LogP contribution in [0.5, 0.6) is 5.88 Å². The summed E-state index contributed by atoms with van der Waals surface area (Å²) in [6, 6.07) is 4.21. The zero-order valence-electron chi connectivity index (χ0n) is 10.2. The van der Waals surface area contributed by atoms with Crippen LogP contribution in [0.3, 0.4) is 0 Å². The molecule has 18 heavy (non-hydrogen) atoms. The fourth-order valence-electron chi connectivity index (χ4n) is 2.45. The van der Waals surface area contributed by atoms with E-state index in [0.29, 0.717) is 11.9 Å². The van der Waals surface area contributed by atoms with Crippen molar-refractivity contribution in [3.05, 3.63) is 29.1 Å². The van der Waals surface area contributed by atoms with Gasteiger partial charge in [0.2, 0.25) is 5.88 Å². The lowest BCUT2D eigenvalue weighted by Gasteiger charge is -2.19. The van der Waals surface area contributed by atoms with Gasteiger partial charge in [0.15, 0.2) is 10.4 Å². The van der Waals surface area contributed by atoms with Gasteiger partial charge in [0.05, 0.1) is 12.6 Å². The summed E-state index contributed by atoms with van der Waals surface area (Å²) in [7, 11) is 1.63. The first-order chi connectivity index (χ1) is 8.79. The van der Waals surface area contributed by atoms with E-state index >= 15 is 0 Å². The van der Waals surface area contributed by atoms with Gasteiger partial charge in [0, 0.05) is 12.1 Å². The number of ether oxygens (including phenoxy) is 1. The summed E-state index contributed by atoms with van der Waals surface area (Å²) < 4.78 is 8.05. The summed E-state index contributed by atoms with van der Waals surface area (Å²) >= 11 is 5.42. The second kappa shape index (κ2) is 4.57. The van der Waals surface area contributed by atoms with Gasteiger partial charge in [-0.1, -0.05) is 12.2 Å². The monoisotopic (exact) mass is 261 g/mol. The van der Waals surface area contributed by atoms with Gasteiger partial charge in [-0.3, -0.25) is 4.57 Å². The molecular weight excluding hydrogens is 246 g/mol. The molecule has 2 aromatic rings. The van der Waals surface area contributed by atoms with Crippen molar-refractivity contribution in [1.82, 2.24) is 14.5 Å². The molecule has 0 bridgehead atoms. The van der Waals surface area contributed by atoms with Gasteiger partial charge in [-0.05, 0) is 37.5 Å². The zero-order valence-corrected chi connectivity index (χ0v) is 11.0. The van der Waals surface area contributed by atoms with Gasteiger partial charge >= 0.3 is 0 Å². The van der Waals surface area contributed by atoms with Gasteiger partial charge in [-0.2, -0.15) is 4.98 Å². The molecule has 0 saturated heterocycles. The van der Waals surface area contributed by atoms with Crippen molar-refractivity contribution in [1.29, 1.82) is 0 Å². The van der Waals surface area contributed by atoms with Crippen LogP contribution in [0.25, 0.3) is 11.2 Å².